The number of hydrogen-bond donors (Lipinski definition) is 4. The summed E-state index contributed by atoms with van der Waals surface area (Å²) in [5.74, 6) is -1.17. The van der Waals surface area contributed by atoms with Gasteiger partial charge in [-0.05, 0) is 48.9 Å². The molecule has 4 N–H and O–H groups in total. The number of aromatic nitrogens is 2. The Balaban J connectivity index is 0.912. The number of nitrogens with zero attached hydrogens (tertiary/aromatic N) is 2. The van der Waals surface area contributed by atoms with Gasteiger partial charge in [-0.3, -0.25) is 19.2 Å². The number of para-hydroxylation sites is 4. The summed E-state index contributed by atoms with van der Waals surface area (Å²) in [5, 5.41) is 15.1. The van der Waals surface area contributed by atoms with Gasteiger partial charge in [0.25, 0.3) is 11.8 Å². The summed E-state index contributed by atoms with van der Waals surface area (Å²) < 4.78 is 0. The highest BCUT2D eigenvalue weighted by Crippen LogP contribution is 2.28. The fraction of sp³-hybridized carbons (Fsp3) is 0.348. The average Bonchev–Trinajstić information content (AvgIpc) is 3.20. The molecule has 2 atom stereocenters. The number of carbonyl (C=O) groups is 4. The first-order valence-electron chi connectivity index (χ1n) is 19.9. The molecule has 10 nitrogen and oxygen atoms in total. The van der Waals surface area contributed by atoms with E-state index in [4.69, 9.17) is 9.97 Å². The molecule has 2 heterocycles. The number of amides is 4. The second kappa shape index (κ2) is 18.6. The van der Waals surface area contributed by atoms with Crippen LogP contribution in [0.2, 0.25) is 0 Å². The Morgan fingerprint density at radius 1 is 0.446 bits per heavy atom. The van der Waals surface area contributed by atoms with E-state index in [1.54, 1.807) is 0 Å². The summed E-state index contributed by atoms with van der Waals surface area (Å²) in [6, 6.07) is 28.9. The van der Waals surface area contributed by atoms with E-state index in [0.717, 1.165) is 82.1 Å². The summed E-state index contributed by atoms with van der Waals surface area (Å²) in [6.07, 6.45) is 5.60. The molecule has 56 heavy (non-hydrogen) atoms. The molecule has 6 aromatic rings. The summed E-state index contributed by atoms with van der Waals surface area (Å²) >= 11 is 0. The van der Waals surface area contributed by atoms with Crippen molar-refractivity contribution in [1.29, 1.82) is 0 Å². The lowest BCUT2D eigenvalue weighted by Crippen LogP contribution is -2.50. The summed E-state index contributed by atoms with van der Waals surface area (Å²) in [7, 11) is 0. The Morgan fingerprint density at radius 3 is 1.04 bits per heavy atom. The van der Waals surface area contributed by atoms with Gasteiger partial charge in [0.05, 0.1) is 33.2 Å². The minimum Gasteiger partial charge on any atom is -0.354 e. The molecular formula is C46H52N6O4. The molecule has 0 radical (unpaired) electrons. The van der Waals surface area contributed by atoms with Crippen molar-refractivity contribution in [3.8, 4) is 0 Å². The number of carbonyl (C=O) groups excluding carboxylic acids is 4. The zero-order valence-corrected chi connectivity index (χ0v) is 32.7. The van der Waals surface area contributed by atoms with Crippen molar-refractivity contribution in [2.24, 2.45) is 11.8 Å². The second-order valence-electron chi connectivity index (χ2n) is 15.1. The molecule has 0 bridgehead atoms. The first-order valence-corrected chi connectivity index (χ1v) is 19.9. The minimum absolute atomic E-state index is 0.104. The van der Waals surface area contributed by atoms with Gasteiger partial charge >= 0.3 is 0 Å². The number of pyridine rings is 2. The van der Waals surface area contributed by atoms with Crippen LogP contribution in [0.25, 0.3) is 43.6 Å². The van der Waals surface area contributed by atoms with E-state index in [1.165, 1.54) is 0 Å². The topological polar surface area (TPSA) is 142 Å². The van der Waals surface area contributed by atoms with Crippen molar-refractivity contribution < 1.29 is 19.2 Å². The third-order valence-corrected chi connectivity index (χ3v) is 10.3. The van der Waals surface area contributed by atoms with Gasteiger partial charge in [-0.25, -0.2) is 9.97 Å². The van der Waals surface area contributed by atoms with Gasteiger partial charge in [0.15, 0.2) is 0 Å². The molecule has 4 amide bonds. The molecule has 0 fully saturated rings. The first-order chi connectivity index (χ1) is 27.1. The SMILES string of the molecule is CC(C)[C@H](NC(=O)c1c2ccccc2nc2ccccc12)C(=O)NCCCCCCCCNC(=O)[C@@H](NC(=O)c1c2ccccc2nc2ccccc12)C(C)C. The molecule has 0 saturated carbocycles. The monoisotopic (exact) mass is 752 g/mol. The molecule has 0 unspecified atom stereocenters. The highest BCUT2D eigenvalue weighted by molar-refractivity contribution is 6.18. The van der Waals surface area contributed by atoms with E-state index in [1.807, 2.05) is 125 Å². The van der Waals surface area contributed by atoms with Crippen LogP contribution in [0.15, 0.2) is 97.1 Å². The van der Waals surface area contributed by atoms with Gasteiger partial charge in [-0.1, -0.05) is 126 Å². The van der Waals surface area contributed by atoms with Crippen molar-refractivity contribution in [1.82, 2.24) is 31.2 Å². The van der Waals surface area contributed by atoms with E-state index in [9.17, 15) is 19.2 Å². The summed E-state index contributed by atoms with van der Waals surface area (Å²) in [4.78, 5) is 63.4. The van der Waals surface area contributed by atoms with Crippen LogP contribution < -0.4 is 21.3 Å². The Labute approximate surface area is 328 Å². The fourth-order valence-electron chi connectivity index (χ4n) is 7.27. The van der Waals surface area contributed by atoms with Crippen LogP contribution in [0.5, 0.6) is 0 Å². The number of hydrogen-bond acceptors (Lipinski definition) is 6. The Morgan fingerprint density at radius 2 is 0.732 bits per heavy atom. The number of unbranched alkanes of at least 4 members (excludes halogenated alkanes) is 5. The number of rotatable bonds is 17. The lowest BCUT2D eigenvalue weighted by atomic mass is 9.99. The highest BCUT2D eigenvalue weighted by atomic mass is 16.2. The maximum Gasteiger partial charge on any atom is 0.253 e. The van der Waals surface area contributed by atoms with Gasteiger partial charge in [0, 0.05) is 34.6 Å². The Bertz CT molecular complexity index is 2080. The molecule has 2 aromatic heterocycles. The normalized spacial score (nSPS) is 12.6. The van der Waals surface area contributed by atoms with Crippen molar-refractivity contribution in [3.05, 3.63) is 108 Å². The predicted octanol–water partition coefficient (Wildman–Crippen LogP) is 7.87. The fourth-order valence-corrected chi connectivity index (χ4v) is 7.27. The number of benzene rings is 4. The highest BCUT2D eigenvalue weighted by Gasteiger charge is 2.28. The van der Waals surface area contributed by atoms with Crippen LogP contribution in [0.3, 0.4) is 0 Å². The van der Waals surface area contributed by atoms with Crippen molar-refractivity contribution in [2.45, 2.75) is 78.3 Å². The smallest absolute Gasteiger partial charge is 0.253 e. The third kappa shape index (κ3) is 9.30. The maximum absolute atomic E-state index is 13.7. The third-order valence-electron chi connectivity index (χ3n) is 10.3. The van der Waals surface area contributed by atoms with E-state index < -0.39 is 12.1 Å². The predicted molar refractivity (Wildman–Crippen MR) is 224 cm³/mol. The summed E-state index contributed by atoms with van der Waals surface area (Å²) in [5.41, 5.74) is 3.99. The van der Waals surface area contributed by atoms with Gasteiger partial charge < -0.3 is 21.3 Å². The molecule has 0 aliphatic carbocycles. The lowest BCUT2D eigenvalue weighted by Gasteiger charge is -2.22. The van der Waals surface area contributed by atoms with Gasteiger partial charge in [0.1, 0.15) is 12.1 Å². The van der Waals surface area contributed by atoms with Crippen LogP contribution in [-0.2, 0) is 9.59 Å². The van der Waals surface area contributed by atoms with E-state index in [0.29, 0.717) is 24.2 Å². The van der Waals surface area contributed by atoms with Crippen LogP contribution in [0.4, 0.5) is 0 Å². The maximum atomic E-state index is 13.7. The molecule has 4 aromatic carbocycles. The van der Waals surface area contributed by atoms with Crippen LogP contribution >= 0.6 is 0 Å². The molecule has 0 spiro atoms. The van der Waals surface area contributed by atoms with Crippen LogP contribution in [-0.4, -0.2) is 58.8 Å². The van der Waals surface area contributed by atoms with Gasteiger partial charge in [0.2, 0.25) is 11.8 Å². The number of fused-ring (bicyclic) bond motifs is 4. The second-order valence-corrected chi connectivity index (χ2v) is 15.1. The van der Waals surface area contributed by atoms with Crippen LogP contribution in [0.1, 0.15) is 86.9 Å². The molecule has 10 heteroatoms. The molecule has 290 valence electrons. The van der Waals surface area contributed by atoms with Gasteiger partial charge in [-0.2, -0.15) is 0 Å². The first kappa shape index (κ1) is 39.8. The summed E-state index contributed by atoms with van der Waals surface area (Å²) in [6.45, 7) is 8.79. The number of nitrogens with one attached hydrogen (secondary N) is 4. The Kier molecular flexibility index (Phi) is 13.2. The van der Waals surface area contributed by atoms with Gasteiger partial charge in [-0.15, -0.1) is 0 Å². The van der Waals surface area contributed by atoms with Crippen molar-refractivity contribution in [2.75, 3.05) is 13.1 Å². The zero-order chi connectivity index (χ0) is 39.6. The van der Waals surface area contributed by atoms with Crippen molar-refractivity contribution in [3.63, 3.8) is 0 Å². The van der Waals surface area contributed by atoms with Crippen LogP contribution in [0, 0.1) is 11.8 Å². The quantitative estimate of drug-likeness (QED) is 0.0552. The van der Waals surface area contributed by atoms with Crippen molar-refractivity contribution >= 4 is 67.2 Å². The molecule has 0 aliphatic heterocycles. The molecular weight excluding hydrogens is 701 g/mol. The van der Waals surface area contributed by atoms with E-state index in [2.05, 4.69) is 21.3 Å². The minimum atomic E-state index is -0.678. The lowest BCUT2D eigenvalue weighted by molar-refractivity contribution is -0.124. The average molecular weight is 753 g/mol. The molecule has 0 aliphatic rings. The Hall–Kier alpha value is -5.90. The molecule has 0 saturated heterocycles. The standard InChI is InChI=1S/C46H52N6O4/c1-29(2)41(51-43(53)39-31-19-9-13-23-35(31)49-36-24-14-10-20-32(36)39)45(55)47-27-17-7-5-6-8-18-28-48-46(56)42(30(3)4)52-44(54)40-33-21-11-15-25-37(33)50-38-26-16-12-22-34(38)40/h9-16,19-26,29-30,41-42H,5-8,17-18,27-28H2,1-4H3,(H,47,55)(H,48,56)(H,51,53)(H,52,54)/t41-,42-/m0/s1. The van der Waals surface area contributed by atoms with E-state index in [-0.39, 0.29) is 35.5 Å². The molecule has 6 rings (SSSR count). The zero-order valence-electron chi connectivity index (χ0n) is 32.7. The van der Waals surface area contributed by atoms with E-state index >= 15 is 0 Å². The largest absolute Gasteiger partial charge is 0.354 e.